The van der Waals surface area contributed by atoms with E-state index in [0.29, 0.717) is 11.5 Å². The molecule has 0 aliphatic rings. The average molecular weight is 198 g/mol. The topological polar surface area (TPSA) is 90.7 Å². The summed E-state index contributed by atoms with van der Waals surface area (Å²) in [4.78, 5) is 11.2. The van der Waals surface area contributed by atoms with E-state index in [9.17, 15) is 0 Å². The summed E-state index contributed by atoms with van der Waals surface area (Å²) >= 11 is 5.57. The van der Waals surface area contributed by atoms with Gasteiger partial charge < -0.3 is 10.3 Å². The minimum Gasteiger partial charge on any atom is -0.368 e. The van der Waals surface area contributed by atoms with E-state index in [1.807, 2.05) is 0 Å². The second-order valence-corrected chi connectivity index (χ2v) is 2.51. The number of nitrogens with zero attached hydrogens (tertiary/aromatic N) is 4. The summed E-state index contributed by atoms with van der Waals surface area (Å²) in [5.74, 6) is 0.351. The number of nitrogen functional groups attached to an aromatic ring is 1. The largest absolute Gasteiger partial charge is 0.368 e. The van der Waals surface area contributed by atoms with Crippen LogP contribution < -0.4 is 5.73 Å². The van der Waals surface area contributed by atoms with Crippen LogP contribution in [0.4, 0.5) is 5.95 Å². The molecule has 66 valence electrons. The van der Waals surface area contributed by atoms with Crippen molar-refractivity contribution < 1.29 is 4.52 Å². The Labute approximate surface area is 77.8 Å². The summed E-state index contributed by atoms with van der Waals surface area (Å²) in [5.41, 5.74) is 5.83. The van der Waals surface area contributed by atoms with Crippen LogP contribution in [-0.2, 0) is 0 Å². The zero-order valence-electron chi connectivity index (χ0n) is 6.31. The maximum absolute atomic E-state index is 5.57. The smallest absolute Gasteiger partial charge is 0.227 e. The highest BCUT2D eigenvalue weighted by atomic mass is 35.5. The fraction of sp³-hybridized carbons (Fsp3) is 0. The molecule has 0 atom stereocenters. The molecule has 7 heteroatoms. The Hall–Kier alpha value is -1.69. The second kappa shape index (κ2) is 2.98. The summed E-state index contributed by atoms with van der Waals surface area (Å²) in [6.07, 6.45) is 1.41. The molecule has 0 fully saturated rings. The van der Waals surface area contributed by atoms with E-state index in [1.54, 1.807) is 6.07 Å². The van der Waals surface area contributed by atoms with Gasteiger partial charge in [0, 0.05) is 6.07 Å². The number of aromatic nitrogens is 4. The first-order chi connectivity index (χ1) is 6.25. The molecule has 0 bridgehead atoms. The Morgan fingerprint density at radius 3 is 2.77 bits per heavy atom. The van der Waals surface area contributed by atoms with Crippen molar-refractivity contribution in [3.05, 3.63) is 17.6 Å². The Morgan fingerprint density at radius 2 is 2.15 bits per heavy atom. The molecule has 0 saturated heterocycles. The van der Waals surface area contributed by atoms with E-state index in [0.717, 1.165) is 0 Å². The lowest BCUT2D eigenvalue weighted by atomic mass is 10.4. The average Bonchev–Trinajstić information content (AvgIpc) is 2.53. The number of anilines is 1. The molecule has 2 N–H and O–H groups in total. The number of rotatable bonds is 1. The monoisotopic (exact) mass is 197 g/mol. The number of hydrogen-bond acceptors (Lipinski definition) is 6. The van der Waals surface area contributed by atoms with E-state index in [2.05, 4.69) is 24.6 Å². The molecule has 0 aliphatic carbocycles. The molecule has 0 aliphatic heterocycles. The number of halogens is 1. The number of hydrogen-bond donors (Lipinski definition) is 1. The van der Waals surface area contributed by atoms with E-state index >= 15 is 0 Å². The molecular formula is C6H4ClN5O. The van der Waals surface area contributed by atoms with Crippen LogP contribution in [0.5, 0.6) is 0 Å². The molecule has 13 heavy (non-hydrogen) atoms. The van der Waals surface area contributed by atoms with Crippen LogP contribution in [0.3, 0.4) is 0 Å². The van der Waals surface area contributed by atoms with E-state index in [-0.39, 0.29) is 11.2 Å². The first kappa shape index (κ1) is 7.93. The quantitative estimate of drug-likeness (QED) is 0.726. The molecule has 0 radical (unpaired) electrons. The first-order valence-electron chi connectivity index (χ1n) is 3.33. The molecular weight excluding hydrogens is 194 g/mol. The van der Waals surface area contributed by atoms with Crippen LogP contribution in [0.2, 0.25) is 5.28 Å². The summed E-state index contributed by atoms with van der Waals surface area (Å²) in [5, 5.41) is 3.66. The van der Waals surface area contributed by atoms with Gasteiger partial charge >= 0.3 is 0 Å². The third-order valence-electron chi connectivity index (χ3n) is 1.29. The molecule has 0 amide bonds. The molecule has 0 saturated carbocycles. The van der Waals surface area contributed by atoms with Crippen molar-refractivity contribution in [1.29, 1.82) is 0 Å². The predicted molar refractivity (Wildman–Crippen MR) is 44.7 cm³/mol. The highest BCUT2D eigenvalue weighted by Gasteiger charge is 2.07. The predicted octanol–water partition coefficient (Wildman–Crippen LogP) is 0.762. The molecule has 2 aromatic heterocycles. The van der Waals surface area contributed by atoms with Gasteiger partial charge in [-0.3, -0.25) is 0 Å². The van der Waals surface area contributed by atoms with Crippen LogP contribution >= 0.6 is 11.6 Å². The zero-order chi connectivity index (χ0) is 9.26. The van der Waals surface area contributed by atoms with Crippen LogP contribution in [0.1, 0.15) is 0 Å². The van der Waals surface area contributed by atoms with Crippen molar-refractivity contribution in [2.24, 2.45) is 0 Å². The van der Waals surface area contributed by atoms with Crippen molar-refractivity contribution in [2.45, 2.75) is 0 Å². The van der Waals surface area contributed by atoms with Gasteiger partial charge in [-0.05, 0) is 11.6 Å². The highest BCUT2D eigenvalue weighted by molar-refractivity contribution is 6.28. The Morgan fingerprint density at radius 1 is 1.31 bits per heavy atom. The Bertz CT molecular complexity index is 395. The van der Waals surface area contributed by atoms with Gasteiger partial charge in [-0.15, -0.1) is 0 Å². The van der Waals surface area contributed by atoms with E-state index in [4.69, 9.17) is 17.3 Å². The standard InChI is InChI=1S/C6H4ClN5O/c7-5-9-4(10-6(8)11-5)3-1-2-13-12-3/h1-2H,(H2,8,9,10,11). The van der Waals surface area contributed by atoms with E-state index < -0.39 is 0 Å². The van der Waals surface area contributed by atoms with Gasteiger partial charge in [0.2, 0.25) is 11.2 Å². The summed E-state index contributed by atoms with van der Waals surface area (Å²) in [6, 6.07) is 1.60. The molecule has 6 nitrogen and oxygen atoms in total. The second-order valence-electron chi connectivity index (χ2n) is 2.17. The molecule has 2 rings (SSSR count). The minimum absolute atomic E-state index is 0.0329. The van der Waals surface area contributed by atoms with Gasteiger partial charge in [0.1, 0.15) is 6.26 Å². The van der Waals surface area contributed by atoms with Gasteiger partial charge in [0.05, 0.1) is 0 Å². The van der Waals surface area contributed by atoms with E-state index in [1.165, 1.54) is 6.26 Å². The normalized spacial score (nSPS) is 10.2. The van der Waals surface area contributed by atoms with Crippen molar-refractivity contribution >= 4 is 17.5 Å². The van der Waals surface area contributed by atoms with Gasteiger partial charge in [0.25, 0.3) is 0 Å². The lowest BCUT2D eigenvalue weighted by molar-refractivity contribution is 0.422. The fourth-order valence-electron chi connectivity index (χ4n) is 0.808. The zero-order valence-corrected chi connectivity index (χ0v) is 7.06. The van der Waals surface area contributed by atoms with Crippen LogP contribution in [0, 0.1) is 0 Å². The van der Waals surface area contributed by atoms with Crippen LogP contribution in [-0.4, -0.2) is 20.1 Å². The van der Waals surface area contributed by atoms with Crippen LogP contribution in [0.25, 0.3) is 11.5 Å². The number of nitrogens with two attached hydrogens (primary N) is 1. The third kappa shape index (κ3) is 1.57. The molecule has 0 aromatic carbocycles. The van der Waals surface area contributed by atoms with Gasteiger partial charge in [-0.25, -0.2) is 0 Å². The molecule has 0 spiro atoms. The van der Waals surface area contributed by atoms with Gasteiger partial charge in [-0.1, -0.05) is 5.16 Å². The maximum atomic E-state index is 5.57. The van der Waals surface area contributed by atoms with Crippen molar-refractivity contribution in [3.63, 3.8) is 0 Å². The summed E-state index contributed by atoms with van der Waals surface area (Å²) in [6.45, 7) is 0. The van der Waals surface area contributed by atoms with Gasteiger partial charge in [0.15, 0.2) is 11.5 Å². The van der Waals surface area contributed by atoms with Crippen molar-refractivity contribution in [3.8, 4) is 11.5 Å². The Balaban J connectivity index is 2.53. The minimum atomic E-state index is 0.0329. The first-order valence-corrected chi connectivity index (χ1v) is 3.71. The summed E-state index contributed by atoms with van der Waals surface area (Å²) in [7, 11) is 0. The van der Waals surface area contributed by atoms with Gasteiger partial charge in [-0.2, -0.15) is 15.0 Å². The summed E-state index contributed by atoms with van der Waals surface area (Å²) < 4.78 is 4.61. The molecule has 2 heterocycles. The SMILES string of the molecule is Nc1nc(Cl)nc(-c2ccon2)n1. The Kier molecular flexibility index (Phi) is 1.82. The molecule has 2 aromatic rings. The molecule has 0 unspecified atom stereocenters. The lowest BCUT2D eigenvalue weighted by Crippen LogP contribution is -1.99. The third-order valence-corrected chi connectivity index (χ3v) is 1.46. The lowest BCUT2D eigenvalue weighted by Gasteiger charge is -1.95. The highest BCUT2D eigenvalue weighted by Crippen LogP contribution is 2.13. The van der Waals surface area contributed by atoms with Crippen LogP contribution in [0.15, 0.2) is 16.9 Å². The van der Waals surface area contributed by atoms with Crippen molar-refractivity contribution in [1.82, 2.24) is 20.1 Å². The fourth-order valence-corrected chi connectivity index (χ4v) is 0.974. The maximum Gasteiger partial charge on any atom is 0.227 e. The van der Waals surface area contributed by atoms with Crippen molar-refractivity contribution in [2.75, 3.05) is 5.73 Å².